The molecule has 0 N–H and O–H groups in total. The van der Waals surface area contributed by atoms with Gasteiger partial charge in [-0.25, -0.2) is 4.98 Å². The molecule has 1 aromatic heterocycles. The van der Waals surface area contributed by atoms with Gasteiger partial charge in [-0.15, -0.1) is 11.6 Å². The molecule has 0 aliphatic rings. The number of aryl methyl sites for hydroxylation is 1. The molecule has 3 nitrogen and oxygen atoms in total. The number of hydrogen-bond acceptors (Lipinski definition) is 3. The van der Waals surface area contributed by atoms with Crippen molar-refractivity contribution < 1.29 is 4.74 Å². The molecule has 0 fully saturated rings. The van der Waals surface area contributed by atoms with E-state index >= 15 is 0 Å². The van der Waals surface area contributed by atoms with E-state index in [1.54, 1.807) is 0 Å². The Morgan fingerprint density at radius 1 is 1.55 bits per heavy atom. The zero-order valence-corrected chi connectivity index (χ0v) is 7.22. The van der Waals surface area contributed by atoms with Gasteiger partial charge in [0.15, 0.2) is 0 Å². The lowest BCUT2D eigenvalue weighted by Crippen LogP contribution is -1.96. The number of rotatable bonds is 2. The lowest BCUT2D eigenvalue weighted by molar-refractivity contribution is 0.377. The molecule has 0 aromatic carbocycles. The molecule has 60 valence electrons. The molecule has 0 aliphatic heterocycles. The van der Waals surface area contributed by atoms with Crippen molar-refractivity contribution in [1.82, 2.24) is 9.97 Å². The molecule has 0 spiro atoms. The lowest BCUT2D eigenvalue weighted by atomic mass is 10.4. The minimum atomic E-state index is 0.376. The average molecular weight is 173 g/mol. The summed E-state index contributed by atoms with van der Waals surface area (Å²) < 4.78 is 4.86. The molecule has 11 heavy (non-hydrogen) atoms. The van der Waals surface area contributed by atoms with E-state index in [9.17, 15) is 0 Å². The van der Waals surface area contributed by atoms with Crippen LogP contribution >= 0.6 is 11.6 Å². The minimum absolute atomic E-state index is 0.376. The second-order valence-corrected chi connectivity index (χ2v) is 2.39. The topological polar surface area (TPSA) is 35.0 Å². The fourth-order valence-corrected chi connectivity index (χ4v) is 0.901. The van der Waals surface area contributed by atoms with Gasteiger partial charge < -0.3 is 4.74 Å². The Morgan fingerprint density at radius 2 is 2.27 bits per heavy atom. The first-order valence-electron chi connectivity index (χ1n) is 3.20. The van der Waals surface area contributed by atoms with Gasteiger partial charge in [-0.2, -0.15) is 4.98 Å². The summed E-state index contributed by atoms with van der Waals surface area (Å²) >= 11 is 5.58. The van der Waals surface area contributed by atoms with Crippen molar-refractivity contribution in [3.63, 3.8) is 0 Å². The summed E-state index contributed by atoms with van der Waals surface area (Å²) in [6.45, 7) is 1.88. The number of methoxy groups -OCH3 is 1. The highest BCUT2D eigenvalue weighted by Crippen LogP contribution is 2.07. The number of halogens is 1. The van der Waals surface area contributed by atoms with E-state index in [0.29, 0.717) is 11.9 Å². The fraction of sp³-hybridized carbons (Fsp3) is 0.429. The van der Waals surface area contributed by atoms with Crippen LogP contribution in [0.25, 0.3) is 0 Å². The van der Waals surface area contributed by atoms with Crippen molar-refractivity contribution in [2.24, 2.45) is 0 Å². The molecular formula is C7H9ClN2O. The zero-order chi connectivity index (χ0) is 8.27. The van der Waals surface area contributed by atoms with E-state index < -0.39 is 0 Å². The molecule has 4 heteroatoms. The molecule has 0 radical (unpaired) electrons. The van der Waals surface area contributed by atoms with Gasteiger partial charge in [-0.1, -0.05) is 0 Å². The first kappa shape index (κ1) is 8.27. The van der Waals surface area contributed by atoms with E-state index in [4.69, 9.17) is 16.3 Å². The highest BCUT2D eigenvalue weighted by Gasteiger charge is 1.99. The fourth-order valence-electron chi connectivity index (χ4n) is 0.764. The molecule has 0 unspecified atom stereocenters. The van der Waals surface area contributed by atoms with E-state index in [-0.39, 0.29) is 0 Å². The van der Waals surface area contributed by atoms with Gasteiger partial charge >= 0.3 is 6.01 Å². The van der Waals surface area contributed by atoms with Crippen LogP contribution in [-0.2, 0) is 5.88 Å². The first-order valence-corrected chi connectivity index (χ1v) is 3.74. The first-order chi connectivity index (χ1) is 5.26. The molecular weight excluding hydrogens is 164 g/mol. The number of alkyl halides is 1. The van der Waals surface area contributed by atoms with E-state index in [0.717, 1.165) is 11.4 Å². The maximum absolute atomic E-state index is 5.58. The van der Waals surface area contributed by atoms with Gasteiger partial charge in [0.05, 0.1) is 18.7 Å². The third-order valence-corrected chi connectivity index (χ3v) is 1.48. The summed E-state index contributed by atoms with van der Waals surface area (Å²) in [6, 6.07) is 2.20. The van der Waals surface area contributed by atoms with Crippen molar-refractivity contribution in [3.8, 4) is 6.01 Å². The third kappa shape index (κ3) is 2.05. The predicted molar refractivity (Wildman–Crippen MR) is 42.9 cm³/mol. The summed E-state index contributed by atoms with van der Waals surface area (Å²) in [4.78, 5) is 8.01. The van der Waals surface area contributed by atoms with Crippen LogP contribution in [0.3, 0.4) is 0 Å². The number of hydrogen-bond donors (Lipinski definition) is 0. The zero-order valence-electron chi connectivity index (χ0n) is 6.47. The van der Waals surface area contributed by atoms with Gasteiger partial charge in [-0.3, -0.25) is 0 Å². The van der Waals surface area contributed by atoms with Crippen LogP contribution in [0.4, 0.5) is 0 Å². The SMILES string of the molecule is COc1nc(C)cc(CCl)n1. The van der Waals surface area contributed by atoms with Gasteiger partial charge in [0, 0.05) is 5.69 Å². The Morgan fingerprint density at radius 3 is 2.82 bits per heavy atom. The van der Waals surface area contributed by atoms with E-state index in [1.807, 2.05) is 13.0 Å². The maximum atomic E-state index is 5.58. The Bertz CT molecular complexity index is 230. The summed E-state index contributed by atoms with van der Waals surface area (Å²) in [5, 5.41) is 0. The third-order valence-electron chi connectivity index (χ3n) is 1.21. The molecule has 0 bridgehead atoms. The molecule has 1 aromatic rings. The summed E-state index contributed by atoms with van der Waals surface area (Å²) in [6.07, 6.45) is 0. The summed E-state index contributed by atoms with van der Waals surface area (Å²) in [7, 11) is 1.53. The highest BCUT2D eigenvalue weighted by atomic mass is 35.5. The van der Waals surface area contributed by atoms with Crippen molar-refractivity contribution in [2.45, 2.75) is 12.8 Å². The monoisotopic (exact) mass is 172 g/mol. The average Bonchev–Trinajstić information content (AvgIpc) is 2.03. The second-order valence-electron chi connectivity index (χ2n) is 2.12. The largest absolute Gasteiger partial charge is 0.467 e. The molecule has 0 saturated carbocycles. The van der Waals surface area contributed by atoms with Crippen LogP contribution in [0.1, 0.15) is 11.4 Å². The Balaban J connectivity index is 3.02. The molecule has 1 rings (SSSR count). The van der Waals surface area contributed by atoms with Crippen LogP contribution in [0.15, 0.2) is 6.07 Å². The van der Waals surface area contributed by atoms with E-state index in [1.165, 1.54) is 7.11 Å². The number of nitrogens with zero attached hydrogens (tertiary/aromatic N) is 2. The van der Waals surface area contributed by atoms with Crippen LogP contribution in [0.5, 0.6) is 6.01 Å². The minimum Gasteiger partial charge on any atom is -0.467 e. The molecule has 0 atom stereocenters. The molecule has 1 heterocycles. The van der Waals surface area contributed by atoms with Crippen molar-refractivity contribution in [2.75, 3.05) is 7.11 Å². The van der Waals surface area contributed by atoms with Crippen molar-refractivity contribution >= 4 is 11.6 Å². The van der Waals surface area contributed by atoms with Gasteiger partial charge in [0.25, 0.3) is 0 Å². The smallest absolute Gasteiger partial charge is 0.316 e. The lowest BCUT2D eigenvalue weighted by Gasteiger charge is -2.00. The standard InChI is InChI=1S/C7H9ClN2O/c1-5-3-6(4-8)10-7(9-5)11-2/h3H,4H2,1-2H3. The van der Waals surface area contributed by atoms with Crippen LogP contribution < -0.4 is 4.74 Å². The Labute approximate surface area is 70.4 Å². The van der Waals surface area contributed by atoms with Crippen LogP contribution in [0, 0.1) is 6.92 Å². The Kier molecular flexibility index (Phi) is 2.65. The molecule has 0 aliphatic carbocycles. The van der Waals surface area contributed by atoms with Crippen molar-refractivity contribution in [3.05, 3.63) is 17.5 Å². The van der Waals surface area contributed by atoms with Gasteiger partial charge in [0.1, 0.15) is 0 Å². The quantitative estimate of drug-likeness (QED) is 0.635. The maximum Gasteiger partial charge on any atom is 0.316 e. The molecule has 0 saturated heterocycles. The van der Waals surface area contributed by atoms with Crippen molar-refractivity contribution in [1.29, 1.82) is 0 Å². The second kappa shape index (κ2) is 3.53. The number of ether oxygens (including phenoxy) is 1. The van der Waals surface area contributed by atoms with Gasteiger partial charge in [0.2, 0.25) is 0 Å². The van der Waals surface area contributed by atoms with Gasteiger partial charge in [-0.05, 0) is 13.0 Å². The predicted octanol–water partition coefficient (Wildman–Crippen LogP) is 1.53. The van der Waals surface area contributed by atoms with E-state index in [2.05, 4.69) is 9.97 Å². The van der Waals surface area contributed by atoms with Crippen LogP contribution in [0.2, 0.25) is 0 Å². The molecule has 0 amide bonds. The summed E-state index contributed by atoms with van der Waals surface area (Å²) in [5.41, 5.74) is 1.66. The highest BCUT2D eigenvalue weighted by molar-refractivity contribution is 6.16. The van der Waals surface area contributed by atoms with Crippen LogP contribution in [-0.4, -0.2) is 17.1 Å². The normalized spacial score (nSPS) is 9.73. The summed E-state index contributed by atoms with van der Waals surface area (Å²) in [5.74, 6) is 0.389. The Hall–Kier alpha value is -0.830. The number of aromatic nitrogens is 2.